The second-order valence-corrected chi connectivity index (χ2v) is 8.35. The van der Waals surface area contributed by atoms with E-state index in [-0.39, 0.29) is 17.5 Å². The van der Waals surface area contributed by atoms with E-state index in [0.29, 0.717) is 23.6 Å². The lowest BCUT2D eigenvalue weighted by molar-refractivity contribution is -0.0982. The van der Waals surface area contributed by atoms with Crippen molar-refractivity contribution in [1.82, 2.24) is 14.5 Å². The molecule has 0 aromatic carbocycles. The molecule has 0 bridgehead atoms. The van der Waals surface area contributed by atoms with E-state index in [4.69, 9.17) is 38.0 Å². The summed E-state index contributed by atoms with van der Waals surface area (Å²) in [4.78, 5) is 20.5. The highest BCUT2D eigenvalue weighted by molar-refractivity contribution is 6.28. The van der Waals surface area contributed by atoms with Crippen LogP contribution in [0.1, 0.15) is 44.8 Å². The molecule has 31 heavy (non-hydrogen) atoms. The highest BCUT2D eigenvalue weighted by atomic mass is 35.5. The lowest BCUT2D eigenvalue weighted by Gasteiger charge is -2.27. The van der Waals surface area contributed by atoms with Crippen LogP contribution in [0.3, 0.4) is 0 Å². The predicted molar refractivity (Wildman–Crippen MR) is 113 cm³/mol. The molecule has 166 valence electrons. The Morgan fingerprint density at radius 2 is 2.19 bits per heavy atom. The molecule has 0 amide bonds. The minimum atomic E-state index is -1.51. The quantitative estimate of drug-likeness (QED) is 0.406. The normalized spacial score (nSPS) is 26.6. The van der Waals surface area contributed by atoms with Gasteiger partial charge in [0.25, 0.3) is 0 Å². The number of terminal acetylenes is 1. The summed E-state index contributed by atoms with van der Waals surface area (Å²) in [6, 6.07) is 1.73. The van der Waals surface area contributed by atoms with Crippen LogP contribution in [0.2, 0.25) is 5.28 Å². The van der Waals surface area contributed by atoms with Crippen LogP contribution in [-0.4, -0.2) is 50.7 Å². The maximum atomic E-state index is 12.3. The fraction of sp³-hybridized carbons (Fsp3) is 0.571. The van der Waals surface area contributed by atoms with Crippen LogP contribution in [0.4, 0.5) is 10.6 Å². The van der Waals surface area contributed by atoms with Gasteiger partial charge in [0.1, 0.15) is 17.7 Å². The second-order valence-electron chi connectivity index (χ2n) is 8.01. The predicted octanol–water partition coefficient (Wildman–Crippen LogP) is 3.05. The Kier molecular flexibility index (Phi) is 6.23. The number of hydrogen-bond acceptors (Lipinski definition) is 8. The molecule has 2 aromatic heterocycles. The van der Waals surface area contributed by atoms with Crippen LogP contribution < -0.4 is 5.73 Å². The van der Waals surface area contributed by atoms with Gasteiger partial charge < -0.3 is 29.6 Å². The second kappa shape index (κ2) is 8.91. The van der Waals surface area contributed by atoms with Crippen molar-refractivity contribution in [1.29, 1.82) is 0 Å². The number of aromatic nitrogens is 3. The van der Waals surface area contributed by atoms with E-state index >= 15 is 0 Å². The number of nitrogens with zero attached hydrogens (tertiary/aromatic N) is 3. The van der Waals surface area contributed by atoms with E-state index in [0.717, 1.165) is 25.7 Å². The maximum absolute atomic E-state index is 12.3. The molecular formula is C21H25ClN4O5. The van der Waals surface area contributed by atoms with Crippen molar-refractivity contribution >= 4 is 34.6 Å². The largest absolute Gasteiger partial charge is 0.508 e. The fourth-order valence-electron chi connectivity index (χ4n) is 4.32. The summed E-state index contributed by atoms with van der Waals surface area (Å²) in [6.45, 7) is -0.216. The highest BCUT2D eigenvalue weighted by Crippen LogP contribution is 2.40. The first kappa shape index (κ1) is 21.7. The maximum Gasteiger partial charge on any atom is 0.508 e. The Labute approximate surface area is 184 Å². The van der Waals surface area contributed by atoms with Crippen LogP contribution in [0, 0.1) is 18.3 Å². The SMILES string of the molecule is C#C[C@]1(CO)O[C@@H](n2ccc3c(N)nc(Cl)nc32)C[C@@H]1OC(=O)OCC1CCCCC1. The summed E-state index contributed by atoms with van der Waals surface area (Å²) in [5, 5.41) is 10.6. The Morgan fingerprint density at radius 3 is 2.90 bits per heavy atom. The van der Waals surface area contributed by atoms with Crippen LogP contribution in [-0.2, 0) is 14.2 Å². The number of carbonyl (C=O) groups excluding carboxylic acids is 1. The molecule has 0 spiro atoms. The summed E-state index contributed by atoms with van der Waals surface area (Å²) < 4.78 is 18.5. The van der Waals surface area contributed by atoms with Crippen LogP contribution in [0.5, 0.6) is 0 Å². The number of carbonyl (C=O) groups is 1. The zero-order chi connectivity index (χ0) is 22.0. The monoisotopic (exact) mass is 448 g/mol. The smallest absolute Gasteiger partial charge is 0.434 e. The number of rotatable bonds is 5. The summed E-state index contributed by atoms with van der Waals surface area (Å²) >= 11 is 5.95. The molecule has 3 N–H and O–H groups in total. The summed E-state index contributed by atoms with van der Waals surface area (Å²) in [6.07, 6.45) is 10.8. The Hall–Kier alpha value is -2.54. The van der Waals surface area contributed by atoms with Crippen LogP contribution >= 0.6 is 11.6 Å². The van der Waals surface area contributed by atoms with E-state index in [2.05, 4.69) is 15.9 Å². The lowest BCUT2D eigenvalue weighted by Crippen LogP contribution is -2.44. The van der Waals surface area contributed by atoms with E-state index in [1.807, 2.05) is 0 Å². The molecule has 2 fully saturated rings. The first-order valence-electron chi connectivity index (χ1n) is 10.3. The number of aliphatic hydroxyl groups excluding tert-OH is 1. The van der Waals surface area contributed by atoms with E-state index in [1.165, 1.54) is 6.42 Å². The Balaban J connectivity index is 1.49. The summed E-state index contributed by atoms with van der Waals surface area (Å²) in [5.74, 6) is 3.03. The Morgan fingerprint density at radius 1 is 1.42 bits per heavy atom. The van der Waals surface area contributed by atoms with Crippen molar-refractivity contribution < 1.29 is 24.1 Å². The van der Waals surface area contributed by atoms with Crippen molar-refractivity contribution in [2.75, 3.05) is 18.9 Å². The molecule has 2 aromatic rings. The number of halogens is 1. The number of fused-ring (bicyclic) bond motifs is 1. The molecular weight excluding hydrogens is 424 g/mol. The zero-order valence-electron chi connectivity index (χ0n) is 17.0. The molecule has 9 nitrogen and oxygen atoms in total. The molecule has 0 radical (unpaired) electrons. The average Bonchev–Trinajstić information content (AvgIpc) is 3.35. The molecule has 1 saturated carbocycles. The average molecular weight is 449 g/mol. The first-order valence-corrected chi connectivity index (χ1v) is 10.7. The van der Waals surface area contributed by atoms with Gasteiger partial charge in [0, 0.05) is 12.6 Å². The van der Waals surface area contributed by atoms with Gasteiger partial charge in [-0.2, -0.15) is 4.98 Å². The van der Waals surface area contributed by atoms with E-state index in [9.17, 15) is 9.90 Å². The first-order chi connectivity index (χ1) is 15.0. The minimum absolute atomic E-state index is 0.00703. The summed E-state index contributed by atoms with van der Waals surface area (Å²) in [7, 11) is 0. The topological polar surface area (TPSA) is 122 Å². The standard InChI is InChI=1S/C21H25ClN4O5/c1-2-21(12-27)15(30-20(28)29-11-13-6-4-3-5-7-13)10-16(31-21)26-9-8-14-17(23)24-19(22)25-18(14)26/h1,8-9,13,15-16,27H,3-7,10-12H2,(H2,23,24,25)/t15-,16+,21+/m0/s1. The Bertz CT molecular complexity index is 1000. The van der Waals surface area contributed by atoms with Crippen molar-refractivity contribution in [3.8, 4) is 12.3 Å². The molecule has 1 saturated heterocycles. The van der Waals surface area contributed by atoms with Gasteiger partial charge in [0.15, 0.2) is 11.7 Å². The van der Waals surface area contributed by atoms with Gasteiger partial charge in [0.05, 0.1) is 18.6 Å². The van der Waals surface area contributed by atoms with Gasteiger partial charge in [-0.15, -0.1) is 6.42 Å². The number of ether oxygens (including phenoxy) is 3. The molecule has 3 heterocycles. The molecule has 4 rings (SSSR count). The van der Waals surface area contributed by atoms with Gasteiger partial charge in [-0.1, -0.05) is 25.2 Å². The lowest BCUT2D eigenvalue weighted by atomic mass is 9.90. The molecule has 2 aliphatic rings. The van der Waals surface area contributed by atoms with E-state index in [1.54, 1.807) is 16.8 Å². The van der Waals surface area contributed by atoms with Crippen molar-refractivity contribution in [2.24, 2.45) is 5.92 Å². The van der Waals surface area contributed by atoms with Crippen molar-refractivity contribution in [3.05, 3.63) is 17.5 Å². The molecule has 1 aliphatic heterocycles. The number of nitrogens with two attached hydrogens (primary N) is 1. The third-order valence-electron chi connectivity index (χ3n) is 6.05. The fourth-order valence-corrected chi connectivity index (χ4v) is 4.49. The number of anilines is 1. The van der Waals surface area contributed by atoms with Crippen LogP contribution in [0.25, 0.3) is 11.0 Å². The molecule has 0 unspecified atom stereocenters. The van der Waals surface area contributed by atoms with Gasteiger partial charge in [0.2, 0.25) is 5.28 Å². The van der Waals surface area contributed by atoms with Gasteiger partial charge in [-0.25, -0.2) is 9.78 Å². The third-order valence-corrected chi connectivity index (χ3v) is 6.21. The molecule has 1 aliphatic carbocycles. The number of hydrogen-bond donors (Lipinski definition) is 2. The summed E-state index contributed by atoms with van der Waals surface area (Å²) in [5.41, 5.74) is 4.86. The van der Waals surface area contributed by atoms with Gasteiger partial charge in [-0.05, 0) is 36.4 Å². The number of nitrogen functional groups attached to an aromatic ring is 1. The van der Waals surface area contributed by atoms with Gasteiger partial charge >= 0.3 is 6.16 Å². The van der Waals surface area contributed by atoms with Crippen molar-refractivity contribution in [2.45, 2.75) is 56.5 Å². The zero-order valence-corrected chi connectivity index (χ0v) is 17.8. The highest BCUT2D eigenvalue weighted by Gasteiger charge is 2.51. The van der Waals surface area contributed by atoms with E-state index < -0.39 is 30.7 Å². The van der Waals surface area contributed by atoms with Crippen LogP contribution in [0.15, 0.2) is 12.3 Å². The molecule has 10 heteroatoms. The number of aliphatic hydroxyl groups is 1. The minimum Gasteiger partial charge on any atom is -0.434 e. The van der Waals surface area contributed by atoms with Crippen molar-refractivity contribution in [3.63, 3.8) is 0 Å². The molecule has 3 atom stereocenters. The van der Waals surface area contributed by atoms with Gasteiger partial charge in [-0.3, -0.25) is 0 Å². The third kappa shape index (κ3) is 4.28.